The van der Waals surface area contributed by atoms with Gasteiger partial charge in [-0.3, -0.25) is 0 Å². The average Bonchev–Trinajstić information content (AvgIpc) is 2.27. The van der Waals surface area contributed by atoms with Crippen molar-refractivity contribution in [3.8, 4) is 11.5 Å². The molecule has 1 atom stereocenters. The van der Waals surface area contributed by atoms with Crippen LogP contribution in [0.5, 0.6) is 11.5 Å². The summed E-state index contributed by atoms with van der Waals surface area (Å²) in [5.41, 5.74) is 7.20. The van der Waals surface area contributed by atoms with Crippen molar-refractivity contribution in [1.82, 2.24) is 0 Å². The Labute approximate surface area is 97.6 Å². The Balaban J connectivity index is 2.89. The van der Waals surface area contributed by atoms with Crippen molar-refractivity contribution >= 4 is 0 Å². The van der Waals surface area contributed by atoms with Crippen LogP contribution in [0.1, 0.15) is 31.9 Å². The van der Waals surface area contributed by atoms with E-state index in [4.69, 9.17) is 15.2 Å². The zero-order valence-electron chi connectivity index (χ0n) is 10.5. The Bertz CT molecular complexity index is 337. The number of benzene rings is 1. The molecule has 3 heteroatoms. The van der Waals surface area contributed by atoms with Gasteiger partial charge in [-0.2, -0.15) is 0 Å². The zero-order valence-corrected chi connectivity index (χ0v) is 10.5. The monoisotopic (exact) mass is 223 g/mol. The van der Waals surface area contributed by atoms with Crippen LogP contribution in [0.3, 0.4) is 0 Å². The highest BCUT2D eigenvalue weighted by Gasteiger charge is 2.11. The highest BCUT2D eigenvalue weighted by Crippen LogP contribution is 2.30. The summed E-state index contributed by atoms with van der Waals surface area (Å²) in [7, 11) is 3.27. The molecule has 1 aromatic rings. The van der Waals surface area contributed by atoms with Crippen LogP contribution in [0.2, 0.25) is 0 Å². The maximum Gasteiger partial charge on any atom is 0.161 e. The second kappa shape index (κ2) is 5.75. The Morgan fingerprint density at radius 1 is 1.12 bits per heavy atom. The van der Waals surface area contributed by atoms with E-state index in [0.717, 1.165) is 23.5 Å². The molecule has 3 nitrogen and oxygen atoms in total. The third-order valence-electron chi connectivity index (χ3n) is 2.56. The van der Waals surface area contributed by atoms with Gasteiger partial charge in [0.05, 0.1) is 14.2 Å². The van der Waals surface area contributed by atoms with Gasteiger partial charge in [-0.05, 0) is 30.0 Å². The van der Waals surface area contributed by atoms with E-state index in [9.17, 15) is 0 Å². The first-order chi connectivity index (χ1) is 7.58. The molecule has 0 bridgehead atoms. The molecule has 0 spiro atoms. The molecule has 1 unspecified atom stereocenters. The Hall–Kier alpha value is -1.22. The molecular weight excluding hydrogens is 202 g/mol. The van der Waals surface area contributed by atoms with Gasteiger partial charge in [0.15, 0.2) is 11.5 Å². The molecule has 0 radical (unpaired) electrons. The molecule has 0 saturated heterocycles. The number of hydrogen-bond donors (Lipinski definition) is 1. The second-order valence-corrected chi connectivity index (χ2v) is 4.35. The summed E-state index contributed by atoms with van der Waals surface area (Å²) in [5, 5.41) is 0. The molecule has 1 rings (SSSR count). The molecule has 0 heterocycles. The first kappa shape index (κ1) is 12.8. The SMILES string of the molecule is COc1ccc(C(N)CC(C)C)cc1OC. The quantitative estimate of drug-likeness (QED) is 0.834. The Morgan fingerprint density at radius 2 is 1.75 bits per heavy atom. The molecule has 2 N–H and O–H groups in total. The van der Waals surface area contributed by atoms with Crippen molar-refractivity contribution in [2.75, 3.05) is 14.2 Å². The maximum absolute atomic E-state index is 6.11. The third kappa shape index (κ3) is 3.14. The van der Waals surface area contributed by atoms with Crippen molar-refractivity contribution < 1.29 is 9.47 Å². The molecule has 0 amide bonds. The number of methoxy groups -OCH3 is 2. The minimum atomic E-state index is 0.0554. The van der Waals surface area contributed by atoms with Crippen molar-refractivity contribution in [2.24, 2.45) is 11.7 Å². The fourth-order valence-corrected chi connectivity index (χ4v) is 1.73. The highest BCUT2D eigenvalue weighted by molar-refractivity contribution is 5.43. The van der Waals surface area contributed by atoms with E-state index in [1.165, 1.54) is 0 Å². The first-order valence-corrected chi connectivity index (χ1v) is 5.56. The van der Waals surface area contributed by atoms with E-state index in [1.807, 2.05) is 18.2 Å². The van der Waals surface area contributed by atoms with Crippen LogP contribution < -0.4 is 15.2 Å². The van der Waals surface area contributed by atoms with E-state index in [0.29, 0.717) is 5.92 Å². The fraction of sp³-hybridized carbons (Fsp3) is 0.538. The van der Waals surface area contributed by atoms with Crippen LogP contribution in [0.15, 0.2) is 18.2 Å². The van der Waals surface area contributed by atoms with E-state index >= 15 is 0 Å². The lowest BCUT2D eigenvalue weighted by atomic mass is 9.97. The van der Waals surface area contributed by atoms with Gasteiger partial charge in [0.25, 0.3) is 0 Å². The van der Waals surface area contributed by atoms with Gasteiger partial charge in [-0.15, -0.1) is 0 Å². The summed E-state index contributed by atoms with van der Waals surface area (Å²) in [4.78, 5) is 0. The molecule has 16 heavy (non-hydrogen) atoms. The van der Waals surface area contributed by atoms with Gasteiger partial charge < -0.3 is 15.2 Å². The number of ether oxygens (including phenoxy) is 2. The number of nitrogens with two attached hydrogens (primary N) is 1. The minimum absolute atomic E-state index is 0.0554. The second-order valence-electron chi connectivity index (χ2n) is 4.35. The molecule has 0 fully saturated rings. The largest absolute Gasteiger partial charge is 0.493 e. The van der Waals surface area contributed by atoms with Crippen molar-refractivity contribution in [1.29, 1.82) is 0 Å². The zero-order chi connectivity index (χ0) is 12.1. The predicted molar refractivity (Wildman–Crippen MR) is 65.9 cm³/mol. The smallest absolute Gasteiger partial charge is 0.161 e. The predicted octanol–water partition coefficient (Wildman–Crippen LogP) is 2.75. The number of hydrogen-bond acceptors (Lipinski definition) is 3. The summed E-state index contributed by atoms with van der Waals surface area (Å²) >= 11 is 0. The Morgan fingerprint density at radius 3 is 2.25 bits per heavy atom. The molecule has 0 saturated carbocycles. The lowest BCUT2D eigenvalue weighted by Gasteiger charge is -2.16. The summed E-state index contributed by atoms with van der Waals surface area (Å²) < 4.78 is 10.4. The summed E-state index contributed by atoms with van der Waals surface area (Å²) in [6.45, 7) is 4.33. The van der Waals surface area contributed by atoms with Gasteiger partial charge in [0.1, 0.15) is 0 Å². The minimum Gasteiger partial charge on any atom is -0.493 e. The van der Waals surface area contributed by atoms with Crippen LogP contribution in [0, 0.1) is 5.92 Å². The molecule has 0 aliphatic heterocycles. The standard InChI is InChI=1S/C13H21NO2/c1-9(2)7-11(14)10-5-6-12(15-3)13(8-10)16-4/h5-6,8-9,11H,7,14H2,1-4H3. The molecule has 0 aliphatic rings. The van der Waals surface area contributed by atoms with Gasteiger partial charge in [0, 0.05) is 6.04 Å². The lowest BCUT2D eigenvalue weighted by molar-refractivity contribution is 0.354. The lowest BCUT2D eigenvalue weighted by Crippen LogP contribution is -2.13. The van der Waals surface area contributed by atoms with Crippen molar-refractivity contribution in [3.05, 3.63) is 23.8 Å². The molecule has 0 aliphatic carbocycles. The van der Waals surface area contributed by atoms with Crippen LogP contribution >= 0.6 is 0 Å². The van der Waals surface area contributed by atoms with E-state index in [-0.39, 0.29) is 6.04 Å². The van der Waals surface area contributed by atoms with Crippen molar-refractivity contribution in [2.45, 2.75) is 26.3 Å². The summed E-state index contributed by atoms with van der Waals surface area (Å²) in [5.74, 6) is 2.06. The number of rotatable bonds is 5. The molecular formula is C13H21NO2. The van der Waals surface area contributed by atoms with E-state index in [2.05, 4.69) is 13.8 Å². The first-order valence-electron chi connectivity index (χ1n) is 5.56. The van der Waals surface area contributed by atoms with E-state index < -0.39 is 0 Å². The highest BCUT2D eigenvalue weighted by atomic mass is 16.5. The van der Waals surface area contributed by atoms with Crippen LogP contribution in [0.25, 0.3) is 0 Å². The molecule has 1 aromatic carbocycles. The van der Waals surface area contributed by atoms with Gasteiger partial charge >= 0.3 is 0 Å². The van der Waals surface area contributed by atoms with Crippen molar-refractivity contribution in [3.63, 3.8) is 0 Å². The third-order valence-corrected chi connectivity index (χ3v) is 2.56. The summed E-state index contributed by atoms with van der Waals surface area (Å²) in [6.07, 6.45) is 0.968. The maximum atomic E-state index is 6.11. The normalized spacial score (nSPS) is 12.6. The van der Waals surface area contributed by atoms with E-state index in [1.54, 1.807) is 14.2 Å². The topological polar surface area (TPSA) is 44.5 Å². The average molecular weight is 223 g/mol. The van der Waals surface area contributed by atoms with Crippen LogP contribution in [0.4, 0.5) is 0 Å². The summed E-state index contributed by atoms with van der Waals surface area (Å²) in [6, 6.07) is 5.90. The van der Waals surface area contributed by atoms with Crippen LogP contribution in [-0.2, 0) is 0 Å². The van der Waals surface area contributed by atoms with Gasteiger partial charge in [0.2, 0.25) is 0 Å². The Kier molecular flexibility index (Phi) is 4.62. The fourth-order valence-electron chi connectivity index (χ4n) is 1.73. The molecule has 0 aromatic heterocycles. The molecule has 90 valence electrons. The van der Waals surface area contributed by atoms with Gasteiger partial charge in [-0.25, -0.2) is 0 Å². The van der Waals surface area contributed by atoms with Gasteiger partial charge in [-0.1, -0.05) is 19.9 Å². The van der Waals surface area contributed by atoms with Crippen LogP contribution in [-0.4, -0.2) is 14.2 Å².